The van der Waals surface area contributed by atoms with Crippen molar-refractivity contribution in [3.05, 3.63) is 10.4 Å². The average molecular weight is 221 g/mol. The fourth-order valence-corrected chi connectivity index (χ4v) is 1.28. The van der Waals surface area contributed by atoms with E-state index in [1.54, 1.807) is 0 Å². The largest absolute Gasteiger partial charge is 0.394 e. The number of aliphatic hydroxyl groups excluding tert-OH is 4. The highest BCUT2D eigenvalue weighted by Gasteiger charge is 2.52. The first kappa shape index (κ1) is 12.1. The molecule has 9 heteroatoms. The lowest BCUT2D eigenvalue weighted by Crippen LogP contribution is -2.64. The minimum Gasteiger partial charge on any atom is -0.394 e. The minimum atomic E-state index is -2.69. The van der Waals surface area contributed by atoms with Crippen molar-refractivity contribution < 1.29 is 30.3 Å². The number of hydrogen-bond acceptors (Lipinski definition) is 7. The number of aliphatic hydroxyl groups is 5. The first-order valence-corrected chi connectivity index (χ1v) is 4.07. The molecule has 1 aliphatic heterocycles. The number of rotatable bonds is 2. The van der Waals surface area contributed by atoms with Gasteiger partial charge in [0.25, 0.3) is 5.91 Å². The maximum absolute atomic E-state index is 9.45. The van der Waals surface area contributed by atoms with E-state index in [-0.39, 0.29) is 0 Å². The molecule has 5 atom stereocenters. The Labute approximate surface area is 83.8 Å². The van der Waals surface area contributed by atoms with E-state index in [4.69, 9.17) is 10.6 Å². The van der Waals surface area contributed by atoms with Crippen molar-refractivity contribution in [1.29, 1.82) is 0 Å². The molecular weight excluding hydrogens is 210 g/mol. The quantitative estimate of drug-likeness (QED) is 0.195. The van der Waals surface area contributed by atoms with Crippen LogP contribution < -0.4 is 0 Å². The van der Waals surface area contributed by atoms with Crippen LogP contribution in [0.4, 0.5) is 0 Å². The third kappa shape index (κ3) is 2.03. The third-order valence-corrected chi connectivity index (χ3v) is 2.13. The van der Waals surface area contributed by atoms with Crippen molar-refractivity contribution in [3.63, 3.8) is 0 Å². The molecule has 0 aromatic carbocycles. The molecule has 1 fully saturated rings. The molecule has 86 valence electrons. The molecule has 1 rings (SSSR count). The van der Waals surface area contributed by atoms with Crippen LogP contribution in [-0.4, -0.2) is 62.5 Å². The molecule has 5 N–H and O–H groups in total. The van der Waals surface area contributed by atoms with Crippen LogP contribution in [0.15, 0.2) is 5.11 Å². The molecule has 0 saturated carbocycles. The first-order chi connectivity index (χ1) is 6.96. The SMILES string of the molecule is [N-]=[N+]=N[C@@]1(O)O[C@H](CO)[C@H](O)[C@H](O)[C@H]1O. The van der Waals surface area contributed by atoms with Crippen molar-refractivity contribution >= 4 is 0 Å². The maximum atomic E-state index is 9.45. The minimum absolute atomic E-state index is 0.714. The fraction of sp³-hybridized carbons (Fsp3) is 1.00. The molecule has 1 aliphatic rings. The third-order valence-electron chi connectivity index (χ3n) is 2.13. The van der Waals surface area contributed by atoms with E-state index in [2.05, 4.69) is 14.8 Å². The van der Waals surface area contributed by atoms with Gasteiger partial charge in [-0.3, -0.25) is 0 Å². The molecule has 0 amide bonds. The van der Waals surface area contributed by atoms with E-state index in [1.807, 2.05) is 0 Å². The Hall–Kier alpha value is -0.930. The maximum Gasteiger partial charge on any atom is 0.276 e. The van der Waals surface area contributed by atoms with Crippen LogP contribution >= 0.6 is 0 Å². The second-order valence-electron chi connectivity index (χ2n) is 3.11. The highest BCUT2D eigenvalue weighted by atomic mass is 16.7. The lowest BCUT2D eigenvalue weighted by Gasteiger charge is -2.42. The molecule has 9 nitrogen and oxygen atoms in total. The lowest BCUT2D eigenvalue weighted by molar-refractivity contribution is -0.346. The topological polar surface area (TPSA) is 159 Å². The summed E-state index contributed by atoms with van der Waals surface area (Å²) in [6, 6.07) is 0. The van der Waals surface area contributed by atoms with Crippen LogP contribution in [0.2, 0.25) is 0 Å². The van der Waals surface area contributed by atoms with Crippen LogP contribution in [0.25, 0.3) is 10.4 Å². The summed E-state index contributed by atoms with van der Waals surface area (Å²) in [7, 11) is 0. The van der Waals surface area contributed by atoms with Crippen molar-refractivity contribution in [2.75, 3.05) is 6.61 Å². The summed E-state index contributed by atoms with van der Waals surface area (Å²) in [5.41, 5.74) is 8.11. The standard InChI is InChI=1S/C6H11N3O6/c7-9-8-6(14)5(13)4(12)3(11)2(1-10)15-6/h2-5,10-14H,1H2/t2-,3+,4+,5-,6+/m1/s1. The Balaban J connectivity index is 2.97. The van der Waals surface area contributed by atoms with Gasteiger partial charge in [0, 0.05) is 4.91 Å². The zero-order valence-corrected chi connectivity index (χ0v) is 7.50. The van der Waals surface area contributed by atoms with Crippen molar-refractivity contribution in [2.24, 2.45) is 5.11 Å². The van der Waals surface area contributed by atoms with Gasteiger partial charge in [0.05, 0.1) is 6.61 Å². The van der Waals surface area contributed by atoms with Gasteiger partial charge in [-0.15, -0.1) is 0 Å². The Morgan fingerprint density at radius 1 is 1.33 bits per heavy atom. The Morgan fingerprint density at radius 2 is 1.93 bits per heavy atom. The smallest absolute Gasteiger partial charge is 0.276 e. The first-order valence-electron chi connectivity index (χ1n) is 4.07. The fourth-order valence-electron chi connectivity index (χ4n) is 1.28. The molecule has 0 spiro atoms. The van der Waals surface area contributed by atoms with Gasteiger partial charge in [0.2, 0.25) is 0 Å². The molecule has 1 saturated heterocycles. The van der Waals surface area contributed by atoms with Gasteiger partial charge in [-0.25, -0.2) is 0 Å². The zero-order valence-electron chi connectivity index (χ0n) is 7.50. The van der Waals surface area contributed by atoms with E-state index in [1.165, 1.54) is 0 Å². The molecule has 0 radical (unpaired) electrons. The normalized spacial score (nSPS) is 45.9. The molecule has 0 bridgehead atoms. The van der Waals surface area contributed by atoms with Gasteiger partial charge in [0.15, 0.2) is 0 Å². The van der Waals surface area contributed by atoms with Crippen LogP contribution in [0.3, 0.4) is 0 Å². The van der Waals surface area contributed by atoms with Gasteiger partial charge < -0.3 is 30.3 Å². The summed E-state index contributed by atoms with van der Waals surface area (Å²) in [6.45, 7) is -0.714. The van der Waals surface area contributed by atoms with Crippen molar-refractivity contribution in [1.82, 2.24) is 0 Å². The van der Waals surface area contributed by atoms with Crippen LogP contribution in [-0.2, 0) is 4.74 Å². The predicted molar refractivity (Wildman–Crippen MR) is 44.1 cm³/mol. The van der Waals surface area contributed by atoms with Crippen molar-refractivity contribution in [2.45, 2.75) is 30.3 Å². The number of nitrogens with zero attached hydrogens (tertiary/aromatic N) is 3. The summed E-state index contributed by atoms with van der Waals surface area (Å²) >= 11 is 0. The Kier molecular flexibility index (Phi) is 3.47. The second kappa shape index (κ2) is 4.29. The van der Waals surface area contributed by atoms with E-state index < -0.39 is 36.9 Å². The molecule has 1 heterocycles. The molecule has 0 aromatic heterocycles. The van der Waals surface area contributed by atoms with E-state index >= 15 is 0 Å². The zero-order chi connectivity index (χ0) is 11.6. The number of ether oxygens (including phenoxy) is 1. The van der Waals surface area contributed by atoms with Gasteiger partial charge in [-0.2, -0.15) is 0 Å². The van der Waals surface area contributed by atoms with Crippen LogP contribution in [0.1, 0.15) is 0 Å². The molecule has 0 aromatic rings. The summed E-state index contributed by atoms with van der Waals surface area (Å²) < 4.78 is 4.58. The van der Waals surface area contributed by atoms with E-state index in [9.17, 15) is 20.4 Å². The van der Waals surface area contributed by atoms with Crippen LogP contribution in [0, 0.1) is 0 Å². The molecule has 0 unspecified atom stereocenters. The van der Waals surface area contributed by atoms with Crippen LogP contribution in [0.5, 0.6) is 0 Å². The summed E-state index contributed by atoms with van der Waals surface area (Å²) in [5.74, 6) is -2.69. The highest BCUT2D eigenvalue weighted by Crippen LogP contribution is 2.29. The van der Waals surface area contributed by atoms with Gasteiger partial charge in [-0.1, -0.05) is 0 Å². The van der Waals surface area contributed by atoms with Crippen molar-refractivity contribution in [3.8, 4) is 0 Å². The Morgan fingerprint density at radius 3 is 2.40 bits per heavy atom. The number of hydrogen-bond donors (Lipinski definition) is 5. The monoisotopic (exact) mass is 221 g/mol. The van der Waals surface area contributed by atoms with Gasteiger partial charge in [-0.05, 0) is 10.6 Å². The lowest BCUT2D eigenvalue weighted by atomic mass is 9.97. The second-order valence-corrected chi connectivity index (χ2v) is 3.11. The summed E-state index contributed by atoms with van der Waals surface area (Å²) in [6.07, 6.45) is -6.71. The van der Waals surface area contributed by atoms with Gasteiger partial charge >= 0.3 is 0 Å². The average Bonchev–Trinajstić information content (AvgIpc) is 2.21. The summed E-state index contributed by atoms with van der Waals surface area (Å²) in [4.78, 5) is 2.23. The van der Waals surface area contributed by atoms with Gasteiger partial charge in [0.1, 0.15) is 24.4 Å². The Bertz CT molecular complexity index is 280. The summed E-state index contributed by atoms with van der Waals surface area (Å²) in [5, 5.41) is 48.8. The predicted octanol–water partition coefficient (Wildman–Crippen LogP) is -2.58. The van der Waals surface area contributed by atoms with E-state index in [0.717, 1.165) is 0 Å². The number of azide groups is 1. The highest BCUT2D eigenvalue weighted by molar-refractivity contribution is 4.94. The van der Waals surface area contributed by atoms with E-state index in [0.29, 0.717) is 0 Å². The molecular formula is C6H11N3O6. The molecule has 0 aliphatic carbocycles. The molecule has 15 heavy (non-hydrogen) atoms.